The Morgan fingerprint density at radius 2 is 1.67 bits per heavy atom. The van der Waals surface area contributed by atoms with Gasteiger partial charge >= 0.3 is 0 Å². The Bertz CT molecular complexity index is 1070. The summed E-state index contributed by atoms with van der Waals surface area (Å²) in [7, 11) is 0. The number of hydrogen-bond donors (Lipinski definition) is 0. The number of amides is 1. The number of nitrogens with zero attached hydrogens (tertiary/aromatic N) is 4. The Hall–Kier alpha value is -2.95. The number of likely N-dealkylation sites (tertiary alicyclic amines) is 1. The molecule has 5 nitrogen and oxygen atoms in total. The summed E-state index contributed by atoms with van der Waals surface area (Å²) in [5, 5.41) is 0. The summed E-state index contributed by atoms with van der Waals surface area (Å²) in [5.74, 6) is 1.27. The maximum Gasteiger partial charge on any atom is 0.229 e. The molecule has 2 aliphatic rings. The predicted octanol–water partition coefficient (Wildman–Crippen LogP) is 4.35. The summed E-state index contributed by atoms with van der Waals surface area (Å²) in [6.45, 7) is 5.44. The van der Waals surface area contributed by atoms with Gasteiger partial charge in [0, 0.05) is 26.2 Å². The predicted molar refractivity (Wildman–Crippen MR) is 119 cm³/mol. The Morgan fingerprint density at radius 3 is 2.47 bits per heavy atom. The van der Waals surface area contributed by atoms with Gasteiger partial charge in [-0.05, 0) is 55.9 Å². The molecule has 1 aromatic heterocycles. The molecule has 1 amide bonds. The number of carbonyl (C=O) groups excluding carboxylic acids is 1. The topological polar surface area (TPSA) is 49.3 Å². The van der Waals surface area contributed by atoms with E-state index in [1.165, 1.54) is 11.1 Å². The minimum absolute atomic E-state index is 0.207. The maximum absolute atomic E-state index is 13.5. The van der Waals surface area contributed by atoms with Gasteiger partial charge in [0.25, 0.3) is 0 Å². The second-order valence-corrected chi connectivity index (χ2v) is 8.74. The normalized spacial score (nSPS) is 18.9. The van der Waals surface area contributed by atoms with Crippen molar-refractivity contribution in [2.75, 3.05) is 24.5 Å². The molecule has 2 saturated heterocycles. The zero-order valence-corrected chi connectivity index (χ0v) is 17.6. The number of fused-ring (bicyclic) bond motifs is 1. The highest BCUT2D eigenvalue weighted by molar-refractivity contribution is 5.84. The van der Waals surface area contributed by atoms with Gasteiger partial charge < -0.3 is 9.80 Å². The maximum atomic E-state index is 13.5. The molecule has 0 saturated carbocycles. The minimum Gasteiger partial charge on any atom is -0.355 e. The lowest BCUT2D eigenvalue weighted by Crippen LogP contribution is -2.53. The van der Waals surface area contributed by atoms with Crippen molar-refractivity contribution in [2.45, 2.75) is 39.2 Å². The van der Waals surface area contributed by atoms with Gasteiger partial charge in [-0.1, -0.05) is 36.4 Å². The molecule has 1 spiro atoms. The van der Waals surface area contributed by atoms with Gasteiger partial charge in [-0.2, -0.15) is 0 Å². The fourth-order valence-corrected chi connectivity index (χ4v) is 5.02. The third-order valence-electron chi connectivity index (χ3n) is 6.93. The number of anilines is 1. The van der Waals surface area contributed by atoms with Gasteiger partial charge in [-0.3, -0.25) is 9.78 Å². The molecule has 2 aliphatic heterocycles. The van der Waals surface area contributed by atoms with Crippen LogP contribution in [0.15, 0.2) is 54.7 Å². The molecule has 3 heterocycles. The number of carbonyl (C=O) groups is 1. The zero-order valence-electron chi connectivity index (χ0n) is 17.6. The van der Waals surface area contributed by atoms with Crippen LogP contribution in [0.3, 0.4) is 0 Å². The van der Waals surface area contributed by atoms with Gasteiger partial charge in [-0.25, -0.2) is 4.98 Å². The van der Waals surface area contributed by atoms with Crippen molar-refractivity contribution >= 4 is 22.8 Å². The average molecular weight is 401 g/mol. The number of para-hydroxylation sites is 2. The lowest BCUT2D eigenvalue weighted by atomic mass is 9.71. The number of benzene rings is 2. The van der Waals surface area contributed by atoms with E-state index in [1.807, 2.05) is 30.5 Å². The summed E-state index contributed by atoms with van der Waals surface area (Å²) in [4.78, 5) is 27.3. The van der Waals surface area contributed by atoms with Crippen molar-refractivity contribution in [2.24, 2.45) is 5.41 Å². The third kappa shape index (κ3) is 3.42. The lowest BCUT2D eigenvalue weighted by Gasteiger charge is -2.46. The fraction of sp³-hybridized carbons (Fsp3) is 0.400. The molecule has 3 aromatic rings. The van der Waals surface area contributed by atoms with Crippen LogP contribution in [0.2, 0.25) is 0 Å². The van der Waals surface area contributed by atoms with E-state index < -0.39 is 0 Å². The number of piperidine rings is 2. The highest BCUT2D eigenvalue weighted by atomic mass is 16.2. The Kier molecular flexibility index (Phi) is 4.89. The highest BCUT2D eigenvalue weighted by Crippen LogP contribution is 2.42. The molecule has 2 aromatic carbocycles. The number of hydrogen-bond acceptors (Lipinski definition) is 4. The number of aromatic nitrogens is 2. The quantitative estimate of drug-likeness (QED) is 0.656. The van der Waals surface area contributed by atoms with Crippen LogP contribution in [-0.2, 0) is 11.3 Å². The van der Waals surface area contributed by atoms with E-state index in [9.17, 15) is 4.79 Å². The largest absolute Gasteiger partial charge is 0.355 e. The number of rotatable bonds is 3. The Morgan fingerprint density at radius 1 is 0.933 bits per heavy atom. The van der Waals surface area contributed by atoms with E-state index in [4.69, 9.17) is 4.98 Å². The van der Waals surface area contributed by atoms with Crippen molar-refractivity contribution in [3.05, 3.63) is 65.9 Å². The van der Waals surface area contributed by atoms with E-state index in [-0.39, 0.29) is 5.41 Å². The summed E-state index contributed by atoms with van der Waals surface area (Å²) in [6.07, 6.45) is 5.75. The van der Waals surface area contributed by atoms with Crippen LogP contribution in [0.25, 0.3) is 11.0 Å². The van der Waals surface area contributed by atoms with Crippen molar-refractivity contribution in [3.63, 3.8) is 0 Å². The molecule has 5 rings (SSSR count). The molecule has 0 bridgehead atoms. The molecule has 2 fully saturated rings. The van der Waals surface area contributed by atoms with Gasteiger partial charge in [-0.15, -0.1) is 0 Å². The summed E-state index contributed by atoms with van der Waals surface area (Å²) >= 11 is 0. The third-order valence-corrected chi connectivity index (χ3v) is 6.93. The first kappa shape index (κ1) is 19.0. The smallest absolute Gasteiger partial charge is 0.229 e. The van der Waals surface area contributed by atoms with Gasteiger partial charge in [0.2, 0.25) is 5.91 Å². The van der Waals surface area contributed by atoms with Gasteiger partial charge in [0.15, 0.2) is 0 Å². The van der Waals surface area contributed by atoms with Gasteiger partial charge in [0.05, 0.1) is 22.6 Å². The average Bonchev–Trinajstić information content (AvgIpc) is 2.79. The fourth-order valence-electron chi connectivity index (χ4n) is 5.02. The van der Waals surface area contributed by atoms with Gasteiger partial charge in [0.1, 0.15) is 5.82 Å². The van der Waals surface area contributed by atoms with Crippen molar-refractivity contribution in [1.29, 1.82) is 0 Å². The highest BCUT2D eigenvalue weighted by Gasteiger charge is 2.45. The molecule has 0 N–H and O–H groups in total. The zero-order chi connectivity index (χ0) is 20.6. The van der Waals surface area contributed by atoms with Crippen LogP contribution in [0, 0.1) is 12.3 Å². The van der Waals surface area contributed by atoms with E-state index in [0.29, 0.717) is 5.91 Å². The molecule has 0 atom stereocenters. The molecular weight excluding hydrogens is 372 g/mol. The summed E-state index contributed by atoms with van der Waals surface area (Å²) < 4.78 is 0. The van der Waals surface area contributed by atoms with Crippen molar-refractivity contribution in [3.8, 4) is 0 Å². The molecular formula is C25H28N4O. The second kappa shape index (κ2) is 7.71. The first-order valence-electron chi connectivity index (χ1n) is 11.0. The lowest BCUT2D eigenvalue weighted by molar-refractivity contribution is -0.148. The van der Waals surface area contributed by atoms with E-state index >= 15 is 0 Å². The first-order chi connectivity index (χ1) is 14.6. The molecule has 0 aliphatic carbocycles. The molecule has 30 heavy (non-hydrogen) atoms. The van der Waals surface area contributed by atoms with Crippen molar-refractivity contribution in [1.82, 2.24) is 14.9 Å². The van der Waals surface area contributed by atoms with Crippen LogP contribution >= 0.6 is 0 Å². The van der Waals surface area contributed by atoms with E-state index in [1.54, 1.807) is 0 Å². The van der Waals surface area contributed by atoms with Crippen molar-refractivity contribution < 1.29 is 4.79 Å². The summed E-state index contributed by atoms with van der Waals surface area (Å²) in [6, 6.07) is 16.4. The molecule has 0 radical (unpaired) electrons. The number of aryl methyl sites for hydroxylation is 1. The van der Waals surface area contributed by atoms with Crippen LogP contribution in [0.4, 0.5) is 5.82 Å². The minimum atomic E-state index is -0.207. The standard InChI is InChI=1S/C25H28N4O/c1-19-7-2-3-8-20(19)18-29-14-6-11-25(24(29)30)12-15-28(16-13-25)23-17-26-21-9-4-5-10-22(21)27-23/h2-5,7-10,17H,6,11-16,18H2,1H3. The monoisotopic (exact) mass is 400 g/mol. The van der Waals surface area contributed by atoms with Crippen LogP contribution in [-0.4, -0.2) is 40.4 Å². The Labute approximate surface area is 177 Å². The first-order valence-corrected chi connectivity index (χ1v) is 11.0. The summed E-state index contributed by atoms with van der Waals surface area (Å²) in [5.41, 5.74) is 4.15. The van der Waals surface area contributed by atoms with Crippen LogP contribution < -0.4 is 4.90 Å². The molecule has 5 heteroatoms. The molecule has 0 unspecified atom stereocenters. The van der Waals surface area contributed by atoms with E-state index in [0.717, 1.165) is 68.7 Å². The van der Waals surface area contributed by atoms with E-state index in [2.05, 4.69) is 46.0 Å². The SMILES string of the molecule is Cc1ccccc1CN1CCCC2(CCN(c3cnc4ccccc4n3)CC2)C1=O. The molecule has 154 valence electrons. The Balaban J connectivity index is 1.30. The van der Waals surface area contributed by atoms with Crippen LogP contribution in [0.5, 0.6) is 0 Å². The van der Waals surface area contributed by atoms with Crippen LogP contribution in [0.1, 0.15) is 36.8 Å². The second-order valence-electron chi connectivity index (χ2n) is 8.74.